The van der Waals surface area contributed by atoms with E-state index in [0.717, 1.165) is 61.1 Å². The van der Waals surface area contributed by atoms with Crippen LogP contribution in [0.2, 0.25) is 5.02 Å². The van der Waals surface area contributed by atoms with E-state index in [4.69, 9.17) is 26.7 Å². The maximum absolute atomic E-state index is 14.4. The van der Waals surface area contributed by atoms with Crippen LogP contribution >= 0.6 is 34.3 Å². The number of aliphatic imine (C=N–C) groups is 1. The first-order valence-electron chi connectivity index (χ1n) is 25.2. The third-order valence-corrected chi connectivity index (χ3v) is 17.2. The third kappa shape index (κ3) is 11.9. The molecule has 6 atom stereocenters. The highest BCUT2D eigenvalue weighted by Crippen LogP contribution is 2.41. The number of aliphatic hydroxyl groups is 1. The number of amidine groups is 2. The summed E-state index contributed by atoms with van der Waals surface area (Å²) in [6.07, 6.45) is 1.90. The van der Waals surface area contributed by atoms with Crippen LogP contribution in [-0.2, 0) is 23.9 Å². The van der Waals surface area contributed by atoms with E-state index in [-0.39, 0.29) is 73.1 Å². The molecule has 0 bridgehead atoms. The van der Waals surface area contributed by atoms with Crippen molar-refractivity contribution in [2.45, 2.75) is 155 Å². The number of halogens is 1. The minimum Gasteiger partial charge on any atom is -0.391 e. The summed E-state index contributed by atoms with van der Waals surface area (Å²) in [6.45, 7) is 18.3. The fourth-order valence-electron chi connectivity index (χ4n) is 10.3. The molecule has 1 saturated carbocycles. The monoisotopic (exact) mass is 1050 g/mol. The molecule has 1 aliphatic carbocycles. The summed E-state index contributed by atoms with van der Waals surface area (Å²) in [5, 5.41) is 39.2. The van der Waals surface area contributed by atoms with Crippen molar-refractivity contribution in [1.29, 1.82) is 10.8 Å². The van der Waals surface area contributed by atoms with E-state index in [9.17, 15) is 29.7 Å². The number of hydrogen-bond donors (Lipinski definition) is 6. The summed E-state index contributed by atoms with van der Waals surface area (Å²) in [6, 6.07) is 11.7. The lowest BCUT2D eigenvalue weighted by molar-refractivity contribution is -0.145. The number of thiazole rings is 1. The molecule has 73 heavy (non-hydrogen) atoms. The molecular weight excluding hydrogens is 984 g/mol. The number of thiophene rings is 1. The lowest BCUT2D eigenvalue weighted by Gasteiger charge is -2.41. The molecule has 0 spiro atoms. The maximum Gasteiger partial charge on any atom is 0.246 e. The highest BCUT2D eigenvalue weighted by molar-refractivity contribution is 7.17. The zero-order valence-electron chi connectivity index (χ0n) is 43.2. The SMILES string of the molecule is CC(=N)N1C(=N)[C@H](CC(=O)NC2CC(OC3CCN([C@H](C)C(=O)N[C@H](C(=O)N4C[C@H](O)C[C@H]4C(=O)N[C@@H](C)c4ccc(-c5scnc5C)cc4)C(C)(C)C)CC3)C2)N=C(c2ccc(Cl)cc2)c2c1sc(C)c2C. The van der Waals surface area contributed by atoms with Gasteiger partial charge in [0.2, 0.25) is 23.6 Å². The molecule has 2 saturated heterocycles. The third-order valence-electron chi connectivity index (χ3n) is 14.8. The fraction of sp³-hybridized carbons (Fsp3) is 0.519. The quantitative estimate of drug-likeness (QED) is 0.0538. The Balaban J connectivity index is 0.807. The van der Waals surface area contributed by atoms with E-state index in [1.807, 2.05) is 97.3 Å². The first-order valence-corrected chi connectivity index (χ1v) is 27.3. The number of rotatable bonds is 14. The Morgan fingerprint density at radius 1 is 0.945 bits per heavy atom. The van der Waals surface area contributed by atoms with Gasteiger partial charge in [-0.25, -0.2) is 4.98 Å². The van der Waals surface area contributed by atoms with Gasteiger partial charge in [0.25, 0.3) is 0 Å². The lowest BCUT2D eigenvalue weighted by Crippen LogP contribution is -2.60. The first-order chi connectivity index (χ1) is 34.6. The van der Waals surface area contributed by atoms with Gasteiger partial charge >= 0.3 is 0 Å². The van der Waals surface area contributed by atoms with Gasteiger partial charge < -0.3 is 30.7 Å². The largest absolute Gasteiger partial charge is 0.391 e. The number of β-amino-alcohol motifs (C(OH)–C–C–N with tert-alkyl or cyclic N) is 1. The predicted molar refractivity (Wildman–Crippen MR) is 289 cm³/mol. The second kappa shape index (κ2) is 22.2. The number of nitrogens with zero attached hydrogens (tertiary/aromatic N) is 5. The van der Waals surface area contributed by atoms with Crippen molar-refractivity contribution in [2.24, 2.45) is 10.4 Å². The highest BCUT2D eigenvalue weighted by atomic mass is 35.5. The van der Waals surface area contributed by atoms with Crippen LogP contribution in [0.25, 0.3) is 10.4 Å². The normalized spacial score (nSPS) is 22.9. The molecule has 2 aromatic carbocycles. The van der Waals surface area contributed by atoms with E-state index < -0.39 is 41.6 Å². The van der Waals surface area contributed by atoms with Crippen LogP contribution < -0.4 is 20.9 Å². The smallest absolute Gasteiger partial charge is 0.246 e. The number of ether oxygens (including phenoxy) is 1. The van der Waals surface area contributed by atoms with Gasteiger partial charge in [-0.05, 0) is 101 Å². The number of amides is 4. The van der Waals surface area contributed by atoms with E-state index in [1.54, 1.807) is 35.3 Å². The Morgan fingerprint density at radius 3 is 2.22 bits per heavy atom. The number of piperidine rings is 1. The van der Waals surface area contributed by atoms with Crippen LogP contribution in [0.1, 0.15) is 119 Å². The molecule has 4 aromatic rings. The number of benzene rings is 2. The first kappa shape index (κ1) is 53.9. The van der Waals surface area contributed by atoms with Crippen molar-refractivity contribution in [3.8, 4) is 10.4 Å². The number of likely N-dealkylation sites (tertiary alicyclic amines) is 2. The summed E-state index contributed by atoms with van der Waals surface area (Å²) in [7, 11) is 0. The summed E-state index contributed by atoms with van der Waals surface area (Å²) >= 11 is 9.34. The molecule has 390 valence electrons. The second-order valence-corrected chi connectivity index (χ2v) is 23.7. The Labute approximate surface area is 441 Å². The van der Waals surface area contributed by atoms with E-state index >= 15 is 0 Å². The van der Waals surface area contributed by atoms with Crippen molar-refractivity contribution in [2.75, 3.05) is 24.5 Å². The standard InChI is InChI=1S/C54H69ClN10O6S2/c1-28-32(5)73-53-45(28)46(35-14-16-37(55)17-15-35)61-42(49(57)65(53)33(6)56)25-44(67)60-38-22-41(23-38)71-40-18-20-63(21-19-40)31(4)50(68)62-48(54(7,8)9)52(70)64-26-39(66)24-43(64)51(69)59-29(2)34-10-12-36(13-11-34)47-30(3)58-27-72-47/h10-17,27,29,31,38-43,48,56-57,66H,18-26H2,1-9H3,(H,59,69)(H,60,67)(H,62,68)/t29-,31+,38?,39+,41?,42-,43-,48+/m0/s1. The average molecular weight is 1050 g/mol. The lowest BCUT2D eigenvalue weighted by atomic mass is 9.85. The molecule has 3 aliphatic heterocycles. The van der Waals surface area contributed by atoms with Crippen LogP contribution in [0.15, 0.2) is 59.0 Å². The molecule has 16 nitrogen and oxygen atoms in total. The molecule has 19 heteroatoms. The summed E-state index contributed by atoms with van der Waals surface area (Å²) in [5.41, 5.74) is 7.41. The zero-order valence-corrected chi connectivity index (χ0v) is 45.6. The molecule has 0 unspecified atom stereocenters. The van der Waals surface area contributed by atoms with Crippen molar-refractivity contribution < 1.29 is 29.0 Å². The van der Waals surface area contributed by atoms with Crippen LogP contribution in [-0.4, -0.2) is 129 Å². The van der Waals surface area contributed by atoms with Crippen LogP contribution in [0.4, 0.5) is 5.00 Å². The Hall–Kier alpha value is -5.37. The predicted octanol–water partition coefficient (Wildman–Crippen LogP) is 7.73. The Morgan fingerprint density at radius 2 is 1.60 bits per heavy atom. The molecule has 4 amide bonds. The van der Waals surface area contributed by atoms with Gasteiger partial charge in [0, 0.05) is 53.1 Å². The number of hydrogen-bond acceptors (Lipinski definition) is 13. The van der Waals surface area contributed by atoms with E-state index in [0.29, 0.717) is 36.7 Å². The van der Waals surface area contributed by atoms with Crippen LogP contribution in [0.3, 0.4) is 0 Å². The molecule has 8 rings (SSSR count). The number of aliphatic hydroxyl groups excluding tert-OH is 1. The Bertz CT molecular complexity index is 2760. The number of fused-ring (bicyclic) bond motifs is 1. The number of anilines is 1. The second-order valence-electron chi connectivity index (χ2n) is 21.2. The number of aromatic nitrogens is 1. The van der Waals surface area contributed by atoms with Crippen molar-refractivity contribution >= 4 is 80.3 Å². The van der Waals surface area contributed by atoms with Gasteiger partial charge in [0.15, 0.2) is 0 Å². The molecule has 4 aliphatic rings. The topological polar surface area (TPSA) is 216 Å². The molecular formula is C54H69ClN10O6S2. The molecule has 0 radical (unpaired) electrons. The van der Waals surface area contributed by atoms with Gasteiger partial charge in [-0.3, -0.25) is 44.8 Å². The van der Waals surface area contributed by atoms with E-state index in [2.05, 4.69) is 25.8 Å². The fourth-order valence-corrected chi connectivity index (χ4v) is 12.4. The summed E-state index contributed by atoms with van der Waals surface area (Å²) in [4.78, 5) is 72.5. The number of aryl methyl sites for hydroxylation is 2. The molecule has 5 heterocycles. The van der Waals surface area contributed by atoms with Gasteiger partial charge in [-0.15, -0.1) is 22.7 Å². The van der Waals surface area contributed by atoms with Crippen molar-refractivity contribution in [3.05, 3.63) is 91.9 Å². The number of carbonyl (C=O) groups excluding carboxylic acids is 4. The van der Waals surface area contributed by atoms with E-state index in [1.165, 1.54) is 16.2 Å². The van der Waals surface area contributed by atoms with Gasteiger partial charge in [0.05, 0.1) is 58.6 Å². The van der Waals surface area contributed by atoms with Crippen molar-refractivity contribution in [1.82, 2.24) is 30.7 Å². The van der Waals surface area contributed by atoms with Crippen LogP contribution in [0.5, 0.6) is 0 Å². The van der Waals surface area contributed by atoms with Crippen molar-refractivity contribution in [3.63, 3.8) is 0 Å². The minimum atomic E-state index is -0.946. The zero-order chi connectivity index (χ0) is 52.6. The Kier molecular flexibility index (Phi) is 16.4. The molecule has 2 aromatic heterocycles. The summed E-state index contributed by atoms with van der Waals surface area (Å²) in [5.74, 6) is -1.02. The number of nitrogens with one attached hydrogen (secondary N) is 5. The summed E-state index contributed by atoms with van der Waals surface area (Å²) < 4.78 is 6.50. The molecule has 6 N–H and O–H groups in total. The average Bonchev–Trinajstić information content (AvgIpc) is 4.01. The minimum absolute atomic E-state index is 0.00670. The molecule has 3 fully saturated rings. The van der Waals surface area contributed by atoms with Crippen LogP contribution in [0, 0.1) is 37.0 Å². The van der Waals surface area contributed by atoms with Gasteiger partial charge in [-0.2, -0.15) is 0 Å². The van der Waals surface area contributed by atoms with Gasteiger partial charge in [0.1, 0.15) is 34.8 Å². The number of carbonyl (C=O) groups is 4. The van der Waals surface area contributed by atoms with Gasteiger partial charge in [-0.1, -0.05) is 68.8 Å². The highest BCUT2D eigenvalue weighted by Gasteiger charge is 2.46. The maximum atomic E-state index is 14.4.